The second-order valence-electron chi connectivity index (χ2n) is 12.9. The minimum absolute atomic E-state index is 0.0298. The SMILES string of the molecule is Cc1cccc(Oc2nc(OCC(F)(F)C(F)(F)C(F)(F)C(F)(F)C(F)(F)C(F)(F)C(F)(F)C(F)F)nc(OC(F)(F)C(F)(F)C(F)(F)C(F)(F)C(F)(F)C(F)(F)C(F)(F)C(F)(F)C(F)F)n2)c1. The monoisotopic (exact) mass is 1080 g/mol. The van der Waals surface area contributed by atoms with Gasteiger partial charge in [-0.15, -0.1) is 15.0 Å². The molecule has 0 aliphatic rings. The summed E-state index contributed by atoms with van der Waals surface area (Å²) in [5, 5.41) is 0. The molecule has 68 heavy (non-hydrogen) atoms. The Morgan fingerprint density at radius 1 is 0.412 bits per heavy atom. The number of nitrogens with zero attached hydrogens (tertiary/aromatic N) is 3. The highest BCUT2D eigenvalue weighted by Gasteiger charge is 2.97. The summed E-state index contributed by atoms with van der Waals surface area (Å²) in [4.78, 5) is 6.64. The molecule has 0 saturated carbocycles. The minimum Gasteiger partial charge on any atom is -0.457 e. The molecular weight excluding hydrogens is 1070 g/mol. The molecule has 0 radical (unpaired) electrons. The Bertz CT molecular complexity index is 2110. The third kappa shape index (κ3) is 8.55. The van der Waals surface area contributed by atoms with Crippen LogP contribution >= 0.6 is 0 Å². The first kappa shape index (κ1) is 59.4. The van der Waals surface area contributed by atoms with E-state index in [1.54, 1.807) is 0 Å². The van der Waals surface area contributed by atoms with Gasteiger partial charge in [0.1, 0.15) is 5.75 Å². The van der Waals surface area contributed by atoms with Gasteiger partial charge < -0.3 is 14.2 Å². The van der Waals surface area contributed by atoms with E-state index < -0.39 is 132 Å². The molecule has 1 aromatic heterocycles. The van der Waals surface area contributed by atoms with E-state index in [0.717, 1.165) is 19.1 Å². The molecule has 2 aromatic rings. The van der Waals surface area contributed by atoms with Crippen molar-refractivity contribution in [2.75, 3.05) is 6.61 Å². The van der Waals surface area contributed by atoms with Gasteiger partial charge in [0.15, 0.2) is 6.61 Å². The van der Waals surface area contributed by atoms with Crippen LogP contribution in [0.4, 0.5) is 149 Å². The molecule has 1 aromatic carbocycles. The van der Waals surface area contributed by atoms with E-state index in [0.29, 0.717) is 12.1 Å². The molecule has 0 unspecified atom stereocenters. The van der Waals surface area contributed by atoms with Gasteiger partial charge in [0.25, 0.3) is 0 Å². The van der Waals surface area contributed by atoms with Gasteiger partial charge in [-0.3, -0.25) is 0 Å². The van der Waals surface area contributed by atoms with E-state index in [4.69, 9.17) is 0 Å². The molecule has 0 spiro atoms. The molecule has 2 rings (SSSR count). The molecule has 0 atom stereocenters. The predicted octanol–water partition coefficient (Wildman–Crippen LogP) is 12.7. The summed E-state index contributed by atoms with van der Waals surface area (Å²) in [6.45, 7) is -3.00. The van der Waals surface area contributed by atoms with Gasteiger partial charge in [0.05, 0.1) is 0 Å². The van der Waals surface area contributed by atoms with Gasteiger partial charge >= 0.3 is 120 Å². The van der Waals surface area contributed by atoms with E-state index in [1.165, 1.54) is 0 Å². The maximum Gasteiger partial charge on any atom is 0.473 e. The lowest BCUT2D eigenvalue weighted by Gasteiger charge is -2.43. The lowest BCUT2D eigenvalue weighted by Crippen LogP contribution is -2.75. The first-order valence-corrected chi connectivity index (χ1v) is 15.7. The normalized spacial score (nSPS) is 15.6. The van der Waals surface area contributed by atoms with E-state index >= 15 is 0 Å². The smallest absolute Gasteiger partial charge is 0.457 e. The van der Waals surface area contributed by atoms with Crippen LogP contribution in [0.25, 0.3) is 0 Å². The summed E-state index contributed by atoms with van der Waals surface area (Å²) in [6, 6.07) is -5.11. The summed E-state index contributed by atoms with van der Waals surface area (Å²) in [7, 11) is 0. The fourth-order valence-corrected chi connectivity index (χ4v) is 4.17. The van der Waals surface area contributed by atoms with Crippen molar-refractivity contribution < 1.29 is 163 Å². The zero-order valence-electron chi connectivity index (χ0n) is 30.6. The first-order valence-electron chi connectivity index (χ1n) is 15.7. The molecule has 40 heteroatoms. The topological polar surface area (TPSA) is 66.4 Å². The third-order valence-corrected chi connectivity index (χ3v) is 8.13. The van der Waals surface area contributed by atoms with Crippen molar-refractivity contribution in [3.05, 3.63) is 29.8 Å². The summed E-state index contributed by atoms with van der Waals surface area (Å²) in [5.41, 5.74) is -0.0298. The molecule has 0 amide bonds. The number of aromatic nitrogens is 3. The van der Waals surface area contributed by atoms with Crippen molar-refractivity contribution in [1.82, 2.24) is 15.0 Å². The van der Waals surface area contributed by atoms with Crippen molar-refractivity contribution in [2.45, 2.75) is 109 Å². The average Bonchev–Trinajstić information content (AvgIpc) is 3.15. The van der Waals surface area contributed by atoms with E-state index in [2.05, 4.69) is 24.2 Å². The highest BCUT2D eigenvalue weighted by Crippen LogP contribution is 2.65. The van der Waals surface area contributed by atoms with Crippen LogP contribution in [-0.2, 0) is 0 Å². The van der Waals surface area contributed by atoms with Crippen molar-refractivity contribution >= 4 is 0 Å². The van der Waals surface area contributed by atoms with Gasteiger partial charge in [0, 0.05) is 0 Å². The quantitative estimate of drug-likeness (QED) is 0.109. The number of halogens is 34. The Hall–Kier alpha value is -4.75. The molecule has 0 aliphatic heterocycles. The average molecular weight is 1080 g/mol. The number of alkyl halides is 34. The Labute approximate surface area is 348 Å². The van der Waals surface area contributed by atoms with Gasteiger partial charge in [-0.05, 0) is 24.6 Å². The van der Waals surface area contributed by atoms with Crippen LogP contribution in [0.15, 0.2) is 24.3 Å². The number of hydrogen-bond donors (Lipinski definition) is 0. The molecule has 0 aliphatic carbocycles. The van der Waals surface area contributed by atoms with Crippen molar-refractivity contribution in [3.63, 3.8) is 0 Å². The standard InChI is InChI=1S/C28H11F34N3O3/c1-7-3-2-4-8(5-7)67-12-63-11(66-6-14(33,34)17(39,40)20(45,46)23(51,52)21(47,48)18(41,42)15(35,36)9(29)30)64-13(65-12)68-28(61,62)27(59,60)26(57,58)25(55,56)24(53,54)22(49,50)19(43,44)16(37,38)10(31)32/h2-5,9-10H,6H2,1H3. The summed E-state index contributed by atoms with van der Waals surface area (Å²) >= 11 is 0. The number of hydrogen-bond acceptors (Lipinski definition) is 6. The molecule has 394 valence electrons. The van der Waals surface area contributed by atoms with Crippen molar-refractivity contribution in [2.24, 2.45) is 0 Å². The highest BCUT2D eigenvalue weighted by molar-refractivity contribution is 5.30. The van der Waals surface area contributed by atoms with E-state index in [1.807, 2.05) is 4.98 Å². The molecule has 0 saturated heterocycles. The van der Waals surface area contributed by atoms with Crippen LogP contribution in [0.3, 0.4) is 0 Å². The van der Waals surface area contributed by atoms with E-state index in [9.17, 15) is 149 Å². The van der Waals surface area contributed by atoms with Gasteiger partial charge in [0.2, 0.25) is 0 Å². The Kier molecular flexibility index (Phi) is 14.8. The van der Waals surface area contributed by atoms with Gasteiger partial charge in [-0.25, -0.2) is 17.6 Å². The summed E-state index contributed by atoms with van der Waals surface area (Å²) in [5.74, 6) is -123. The number of benzene rings is 1. The second-order valence-corrected chi connectivity index (χ2v) is 12.9. The number of aryl methyl sites for hydroxylation is 1. The Balaban J connectivity index is 2.76. The van der Waals surface area contributed by atoms with Crippen LogP contribution in [0.5, 0.6) is 23.8 Å². The van der Waals surface area contributed by atoms with Gasteiger partial charge in [-0.1, -0.05) is 12.1 Å². The van der Waals surface area contributed by atoms with Crippen LogP contribution in [-0.4, -0.2) is 123 Å². The Morgan fingerprint density at radius 3 is 1.10 bits per heavy atom. The van der Waals surface area contributed by atoms with Crippen molar-refractivity contribution in [3.8, 4) is 23.8 Å². The van der Waals surface area contributed by atoms with E-state index in [-0.39, 0.29) is 5.56 Å². The summed E-state index contributed by atoms with van der Waals surface area (Å²) in [6.07, 6.45) is -20.6. The number of rotatable bonds is 22. The lowest BCUT2D eigenvalue weighted by molar-refractivity contribution is -0.468. The molecule has 6 nitrogen and oxygen atoms in total. The third-order valence-electron chi connectivity index (χ3n) is 8.13. The van der Waals surface area contributed by atoms with Crippen LogP contribution in [0.2, 0.25) is 0 Å². The maximum absolute atomic E-state index is 14.6. The zero-order valence-corrected chi connectivity index (χ0v) is 30.6. The largest absolute Gasteiger partial charge is 0.473 e. The fourth-order valence-electron chi connectivity index (χ4n) is 4.17. The fraction of sp³-hybridized carbons (Fsp3) is 0.679. The zero-order chi connectivity index (χ0) is 54.3. The second kappa shape index (κ2) is 17.0. The van der Waals surface area contributed by atoms with Crippen molar-refractivity contribution in [1.29, 1.82) is 0 Å². The molecule has 0 bridgehead atoms. The predicted molar refractivity (Wildman–Crippen MR) is 143 cm³/mol. The maximum atomic E-state index is 14.6. The molecule has 0 N–H and O–H groups in total. The summed E-state index contributed by atoms with van der Waals surface area (Å²) < 4.78 is 477. The van der Waals surface area contributed by atoms with Crippen LogP contribution in [0.1, 0.15) is 5.56 Å². The number of ether oxygens (including phenoxy) is 3. The minimum atomic E-state index is -9.33. The first-order chi connectivity index (χ1) is 29.6. The lowest BCUT2D eigenvalue weighted by atomic mass is 9.89. The highest BCUT2D eigenvalue weighted by atomic mass is 19.4. The molecule has 1 heterocycles. The molecular formula is C28H11F34N3O3. The molecule has 0 fully saturated rings. The Morgan fingerprint density at radius 2 is 0.735 bits per heavy atom. The van der Waals surface area contributed by atoms with Crippen LogP contribution in [0, 0.1) is 6.92 Å². The van der Waals surface area contributed by atoms with Crippen LogP contribution < -0.4 is 14.2 Å². The van der Waals surface area contributed by atoms with Gasteiger partial charge in [-0.2, -0.15) is 132 Å².